The maximum absolute atomic E-state index is 12.2. The lowest BCUT2D eigenvalue weighted by atomic mass is 10.3. The molecule has 0 aliphatic rings. The van der Waals surface area contributed by atoms with Crippen molar-refractivity contribution in [3.8, 4) is 0 Å². The molecule has 1 N–H and O–H groups in total. The van der Waals surface area contributed by atoms with E-state index in [2.05, 4.69) is 15.4 Å². The Bertz CT molecular complexity index is 932. The van der Waals surface area contributed by atoms with Gasteiger partial charge in [-0.25, -0.2) is 9.67 Å². The van der Waals surface area contributed by atoms with E-state index in [-0.39, 0.29) is 17.2 Å². The molecule has 0 fully saturated rings. The average molecular weight is 358 g/mol. The number of hydrogen-bond acceptors (Lipinski definition) is 6. The van der Waals surface area contributed by atoms with Crippen LogP contribution in [0.5, 0.6) is 0 Å². The Kier molecular flexibility index (Phi) is 4.77. The van der Waals surface area contributed by atoms with Crippen molar-refractivity contribution in [3.05, 3.63) is 63.5 Å². The van der Waals surface area contributed by atoms with Crippen LogP contribution >= 0.6 is 23.1 Å². The van der Waals surface area contributed by atoms with E-state index in [9.17, 15) is 9.59 Å². The number of nitrogens with one attached hydrogen (secondary N) is 1. The predicted molar refractivity (Wildman–Crippen MR) is 94.8 cm³/mol. The highest BCUT2D eigenvalue weighted by atomic mass is 32.2. The van der Waals surface area contributed by atoms with Crippen LogP contribution in [0.25, 0.3) is 0 Å². The lowest BCUT2D eigenvalue weighted by molar-refractivity contribution is 0.102. The maximum atomic E-state index is 12.2. The molecule has 0 saturated heterocycles. The summed E-state index contributed by atoms with van der Waals surface area (Å²) in [5.41, 5.74) is 1.60. The Hall–Kier alpha value is -2.45. The summed E-state index contributed by atoms with van der Waals surface area (Å²) in [5.74, 6) is -0.360. The highest BCUT2D eigenvalue weighted by Gasteiger charge is 2.09. The zero-order chi connectivity index (χ0) is 17.1. The van der Waals surface area contributed by atoms with Crippen LogP contribution in [0.3, 0.4) is 0 Å². The van der Waals surface area contributed by atoms with Crippen molar-refractivity contribution < 1.29 is 4.79 Å². The molecule has 0 aliphatic heterocycles. The predicted octanol–water partition coefficient (Wildman–Crippen LogP) is 2.95. The SMILES string of the molecule is Cc1csc(Sc2ccc(NC(=O)c3ccc(=O)n(C)n3)cc2)n1. The lowest BCUT2D eigenvalue weighted by Gasteiger charge is -2.06. The molecule has 0 saturated carbocycles. The van der Waals surface area contributed by atoms with Crippen LogP contribution in [0.4, 0.5) is 5.69 Å². The minimum atomic E-state index is -0.360. The summed E-state index contributed by atoms with van der Waals surface area (Å²) in [6.45, 7) is 1.96. The molecule has 6 nitrogen and oxygen atoms in total. The fourth-order valence-corrected chi connectivity index (χ4v) is 3.71. The molecule has 0 unspecified atom stereocenters. The number of anilines is 1. The number of hydrogen-bond donors (Lipinski definition) is 1. The number of aromatic nitrogens is 3. The smallest absolute Gasteiger partial charge is 0.276 e. The van der Waals surface area contributed by atoms with Crippen molar-refractivity contribution in [2.45, 2.75) is 16.2 Å². The number of carbonyl (C=O) groups excluding carboxylic acids is 1. The summed E-state index contributed by atoms with van der Waals surface area (Å²) in [7, 11) is 1.51. The second-order valence-electron chi connectivity index (χ2n) is 5.02. The molecule has 8 heteroatoms. The first-order valence-corrected chi connectivity index (χ1v) is 8.76. The van der Waals surface area contributed by atoms with Gasteiger partial charge in [0.1, 0.15) is 5.69 Å². The van der Waals surface area contributed by atoms with Gasteiger partial charge in [0.25, 0.3) is 11.5 Å². The van der Waals surface area contributed by atoms with Crippen molar-refractivity contribution in [2.75, 3.05) is 5.32 Å². The van der Waals surface area contributed by atoms with Gasteiger partial charge in [-0.3, -0.25) is 9.59 Å². The number of amides is 1. The number of rotatable bonds is 4. The standard InChI is InChI=1S/C16H14N4O2S2/c1-10-9-23-16(17-10)24-12-5-3-11(4-6-12)18-15(22)13-7-8-14(21)20(2)19-13/h3-9H,1-2H3,(H,18,22). The van der Waals surface area contributed by atoms with Crippen molar-refractivity contribution in [2.24, 2.45) is 7.05 Å². The van der Waals surface area contributed by atoms with Gasteiger partial charge in [-0.1, -0.05) is 11.8 Å². The fraction of sp³-hybridized carbons (Fsp3) is 0.125. The first-order valence-electron chi connectivity index (χ1n) is 7.07. The molecular weight excluding hydrogens is 344 g/mol. The van der Waals surface area contributed by atoms with Gasteiger partial charge in [0.2, 0.25) is 0 Å². The Morgan fingerprint density at radius 3 is 2.58 bits per heavy atom. The summed E-state index contributed by atoms with van der Waals surface area (Å²) in [4.78, 5) is 28.9. The molecule has 1 aromatic carbocycles. The van der Waals surface area contributed by atoms with Crippen molar-refractivity contribution in [1.82, 2.24) is 14.8 Å². The van der Waals surface area contributed by atoms with Gasteiger partial charge < -0.3 is 5.32 Å². The molecule has 0 aliphatic carbocycles. The molecule has 0 bridgehead atoms. The quantitative estimate of drug-likeness (QED) is 0.776. The molecule has 24 heavy (non-hydrogen) atoms. The average Bonchev–Trinajstić information content (AvgIpc) is 2.97. The fourth-order valence-electron chi connectivity index (χ4n) is 1.90. The monoisotopic (exact) mass is 358 g/mol. The first-order chi connectivity index (χ1) is 11.5. The van der Waals surface area contributed by atoms with E-state index in [4.69, 9.17) is 0 Å². The van der Waals surface area contributed by atoms with E-state index in [1.165, 1.54) is 19.2 Å². The van der Waals surface area contributed by atoms with Crippen molar-refractivity contribution in [1.29, 1.82) is 0 Å². The number of aryl methyl sites for hydroxylation is 2. The maximum Gasteiger partial charge on any atom is 0.276 e. The van der Waals surface area contributed by atoms with Gasteiger partial charge >= 0.3 is 0 Å². The Balaban J connectivity index is 1.68. The third-order valence-corrected chi connectivity index (χ3v) is 5.17. The van der Waals surface area contributed by atoms with Gasteiger partial charge in [-0.15, -0.1) is 11.3 Å². The molecule has 1 amide bonds. The summed E-state index contributed by atoms with van der Waals surface area (Å²) in [6.07, 6.45) is 0. The van der Waals surface area contributed by atoms with Crippen LogP contribution < -0.4 is 10.9 Å². The highest BCUT2D eigenvalue weighted by Crippen LogP contribution is 2.30. The van der Waals surface area contributed by atoms with Gasteiger partial charge in [0.05, 0.1) is 0 Å². The normalized spacial score (nSPS) is 10.6. The summed E-state index contributed by atoms with van der Waals surface area (Å²) >= 11 is 3.19. The van der Waals surface area contributed by atoms with Crippen molar-refractivity contribution in [3.63, 3.8) is 0 Å². The summed E-state index contributed by atoms with van der Waals surface area (Å²) in [6, 6.07) is 10.2. The van der Waals surface area contributed by atoms with E-state index in [0.29, 0.717) is 5.69 Å². The molecule has 2 aromatic heterocycles. The van der Waals surface area contributed by atoms with E-state index >= 15 is 0 Å². The molecule has 0 radical (unpaired) electrons. The minimum Gasteiger partial charge on any atom is -0.321 e. The van der Waals surface area contributed by atoms with Crippen LogP contribution in [0.15, 0.2) is 55.8 Å². The molecule has 0 atom stereocenters. The van der Waals surface area contributed by atoms with Gasteiger partial charge in [0, 0.05) is 34.8 Å². The molecule has 3 rings (SSSR count). The Morgan fingerprint density at radius 1 is 1.21 bits per heavy atom. The molecule has 2 heterocycles. The van der Waals surface area contributed by atoms with E-state index in [1.807, 2.05) is 36.6 Å². The molecule has 122 valence electrons. The molecular formula is C16H14N4O2S2. The summed E-state index contributed by atoms with van der Waals surface area (Å²) in [5, 5.41) is 8.70. The highest BCUT2D eigenvalue weighted by molar-refractivity contribution is 8.01. The Labute approximate surface area is 146 Å². The van der Waals surface area contributed by atoms with Crippen LogP contribution in [-0.2, 0) is 7.05 Å². The minimum absolute atomic E-state index is 0.189. The van der Waals surface area contributed by atoms with Gasteiger partial charge in [0.15, 0.2) is 4.34 Å². The number of carbonyl (C=O) groups is 1. The number of benzene rings is 1. The zero-order valence-electron chi connectivity index (χ0n) is 13.0. The third-order valence-electron chi connectivity index (χ3n) is 3.11. The van der Waals surface area contributed by atoms with Crippen LogP contribution in [-0.4, -0.2) is 20.7 Å². The lowest BCUT2D eigenvalue weighted by Crippen LogP contribution is -2.23. The Morgan fingerprint density at radius 2 is 1.96 bits per heavy atom. The van der Waals surface area contributed by atoms with Crippen LogP contribution in [0, 0.1) is 6.92 Å². The second-order valence-corrected chi connectivity index (χ2v) is 7.19. The third kappa shape index (κ3) is 3.90. The van der Waals surface area contributed by atoms with E-state index in [0.717, 1.165) is 19.6 Å². The van der Waals surface area contributed by atoms with Crippen molar-refractivity contribution >= 4 is 34.7 Å². The zero-order valence-corrected chi connectivity index (χ0v) is 14.6. The van der Waals surface area contributed by atoms with E-state index in [1.54, 1.807) is 23.1 Å². The number of nitrogens with zero attached hydrogens (tertiary/aromatic N) is 3. The molecule has 0 spiro atoms. The largest absolute Gasteiger partial charge is 0.321 e. The van der Waals surface area contributed by atoms with Gasteiger partial charge in [-0.2, -0.15) is 5.10 Å². The van der Waals surface area contributed by atoms with E-state index < -0.39 is 0 Å². The molecule has 3 aromatic rings. The number of thiazole rings is 1. The summed E-state index contributed by atoms with van der Waals surface area (Å²) < 4.78 is 2.11. The first kappa shape index (κ1) is 16.4. The van der Waals surface area contributed by atoms with Gasteiger partial charge in [-0.05, 0) is 37.3 Å². The second kappa shape index (κ2) is 6.98. The topological polar surface area (TPSA) is 76.9 Å². The van der Waals surface area contributed by atoms with Crippen LogP contribution in [0.1, 0.15) is 16.2 Å². The van der Waals surface area contributed by atoms with Crippen LogP contribution in [0.2, 0.25) is 0 Å².